The minimum absolute atomic E-state index is 0.0844. The van der Waals surface area contributed by atoms with E-state index in [0.29, 0.717) is 12.2 Å². The number of nitriles is 1. The van der Waals surface area contributed by atoms with E-state index in [0.717, 1.165) is 11.1 Å². The first-order valence-corrected chi connectivity index (χ1v) is 6.50. The third kappa shape index (κ3) is 3.37. The number of aryl methyl sites for hydroxylation is 2. The lowest BCUT2D eigenvalue weighted by Crippen LogP contribution is -2.04. The Hall–Kier alpha value is -2.87. The molecule has 0 saturated carbocycles. The zero-order chi connectivity index (χ0) is 15.4. The second-order valence-electron chi connectivity index (χ2n) is 4.88. The van der Waals surface area contributed by atoms with Crippen LogP contribution in [0.25, 0.3) is 0 Å². The normalized spacial score (nSPS) is 9.95. The largest absolute Gasteiger partial charge is 0.375 e. The smallest absolute Gasteiger partial charge is 0.293 e. The molecule has 106 valence electrons. The molecule has 0 heterocycles. The minimum atomic E-state index is -0.481. The maximum absolute atomic E-state index is 11.1. The molecule has 0 amide bonds. The van der Waals surface area contributed by atoms with Crippen LogP contribution in [-0.4, -0.2) is 4.92 Å². The van der Waals surface area contributed by atoms with Crippen LogP contribution in [-0.2, 0) is 6.54 Å². The molecule has 2 rings (SSSR count). The lowest BCUT2D eigenvalue weighted by molar-refractivity contribution is -0.384. The third-order valence-electron chi connectivity index (χ3n) is 3.29. The van der Waals surface area contributed by atoms with Gasteiger partial charge in [-0.3, -0.25) is 10.1 Å². The molecular formula is C16H15N3O2. The molecule has 0 aliphatic carbocycles. The van der Waals surface area contributed by atoms with Crippen molar-refractivity contribution in [3.05, 3.63) is 68.8 Å². The highest BCUT2D eigenvalue weighted by Crippen LogP contribution is 2.26. The monoisotopic (exact) mass is 281 g/mol. The molecule has 5 heteroatoms. The summed E-state index contributed by atoms with van der Waals surface area (Å²) >= 11 is 0. The maximum atomic E-state index is 11.1. The van der Waals surface area contributed by atoms with Gasteiger partial charge < -0.3 is 5.32 Å². The molecule has 1 N–H and O–H groups in total. The number of hydrogen-bond donors (Lipinski definition) is 1. The summed E-state index contributed by atoms with van der Waals surface area (Å²) in [6.07, 6.45) is 0. The van der Waals surface area contributed by atoms with Gasteiger partial charge in [0.1, 0.15) is 5.69 Å². The van der Waals surface area contributed by atoms with Gasteiger partial charge in [-0.05, 0) is 37.1 Å². The number of hydrogen-bond acceptors (Lipinski definition) is 4. The van der Waals surface area contributed by atoms with Gasteiger partial charge in [-0.2, -0.15) is 5.26 Å². The molecule has 0 saturated heterocycles. The second kappa shape index (κ2) is 6.06. The van der Waals surface area contributed by atoms with Crippen molar-refractivity contribution in [3.8, 4) is 6.07 Å². The minimum Gasteiger partial charge on any atom is -0.375 e. The van der Waals surface area contributed by atoms with Crippen LogP contribution in [0.4, 0.5) is 11.4 Å². The first-order valence-electron chi connectivity index (χ1n) is 6.50. The van der Waals surface area contributed by atoms with E-state index in [1.807, 2.05) is 32.0 Å². The van der Waals surface area contributed by atoms with Crippen LogP contribution in [0.2, 0.25) is 0 Å². The topological polar surface area (TPSA) is 79.0 Å². The van der Waals surface area contributed by atoms with Crippen molar-refractivity contribution in [2.24, 2.45) is 0 Å². The molecule has 2 aromatic rings. The first kappa shape index (κ1) is 14.5. The van der Waals surface area contributed by atoms with Gasteiger partial charge in [-0.1, -0.05) is 23.8 Å². The Morgan fingerprint density at radius 2 is 2.00 bits per heavy atom. The van der Waals surface area contributed by atoms with Crippen LogP contribution in [0.5, 0.6) is 0 Å². The van der Waals surface area contributed by atoms with Crippen LogP contribution in [0.3, 0.4) is 0 Å². The molecule has 0 radical (unpaired) electrons. The highest BCUT2D eigenvalue weighted by Gasteiger charge is 2.14. The fourth-order valence-corrected chi connectivity index (χ4v) is 2.14. The van der Waals surface area contributed by atoms with E-state index in [9.17, 15) is 10.1 Å². The molecule has 0 spiro atoms. The van der Waals surface area contributed by atoms with Crippen LogP contribution >= 0.6 is 0 Å². The molecule has 0 aliphatic heterocycles. The van der Waals surface area contributed by atoms with Crippen molar-refractivity contribution in [3.63, 3.8) is 0 Å². The van der Waals surface area contributed by atoms with Gasteiger partial charge in [-0.25, -0.2) is 0 Å². The second-order valence-corrected chi connectivity index (χ2v) is 4.88. The van der Waals surface area contributed by atoms with E-state index in [1.54, 1.807) is 12.1 Å². The molecule has 0 aliphatic rings. The summed E-state index contributed by atoms with van der Waals surface area (Å²) in [5.74, 6) is 0. The quantitative estimate of drug-likeness (QED) is 0.684. The summed E-state index contributed by atoms with van der Waals surface area (Å²) in [5, 5.41) is 23.0. The third-order valence-corrected chi connectivity index (χ3v) is 3.29. The van der Waals surface area contributed by atoms with E-state index in [4.69, 9.17) is 5.26 Å². The Labute approximate surface area is 123 Å². The van der Waals surface area contributed by atoms with Crippen LogP contribution in [0.15, 0.2) is 36.4 Å². The van der Waals surface area contributed by atoms with Gasteiger partial charge in [0.25, 0.3) is 5.69 Å². The number of nitro groups is 1. The standard InChI is InChI=1S/C16H15N3O2/c1-11-3-5-14(12(2)7-11)10-18-15-6-4-13(9-17)8-16(15)19(20)21/h3-8,18H,10H2,1-2H3. The van der Waals surface area contributed by atoms with E-state index >= 15 is 0 Å². The zero-order valence-electron chi connectivity index (χ0n) is 11.9. The Bertz CT molecular complexity index is 733. The lowest BCUT2D eigenvalue weighted by Gasteiger charge is -2.10. The summed E-state index contributed by atoms with van der Waals surface area (Å²) in [6, 6.07) is 12.4. The average molecular weight is 281 g/mol. The molecule has 0 unspecified atom stereocenters. The fourth-order valence-electron chi connectivity index (χ4n) is 2.14. The van der Waals surface area contributed by atoms with Gasteiger partial charge in [0.15, 0.2) is 0 Å². The van der Waals surface area contributed by atoms with E-state index in [2.05, 4.69) is 11.4 Å². The van der Waals surface area contributed by atoms with Crippen molar-refractivity contribution < 1.29 is 4.92 Å². The molecule has 0 fully saturated rings. The van der Waals surface area contributed by atoms with Crippen molar-refractivity contribution in [1.29, 1.82) is 5.26 Å². The Kier molecular flexibility index (Phi) is 4.19. The fraction of sp³-hybridized carbons (Fsp3) is 0.188. The zero-order valence-corrected chi connectivity index (χ0v) is 11.9. The number of anilines is 1. The van der Waals surface area contributed by atoms with E-state index < -0.39 is 4.92 Å². The molecule has 0 atom stereocenters. The van der Waals surface area contributed by atoms with Gasteiger partial charge in [0.05, 0.1) is 16.6 Å². The summed E-state index contributed by atoms with van der Waals surface area (Å²) in [5.41, 5.74) is 4.01. The van der Waals surface area contributed by atoms with Crippen molar-refractivity contribution in [2.75, 3.05) is 5.32 Å². The molecule has 0 bridgehead atoms. The highest BCUT2D eigenvalue weighted by atomic mass is 16.6. The molecular weight excluding hydrogens is 266 g/mol. The number of nitro benzene ring substituents is 1. The Morgan fingerprint density at radius 1 is 1.24 bits per heavy atom. The number of nitrogens with zero attached hydrogens (tertiary/aromatic N) is 2. The summed E-state index contributed by atoms with van der Waals surface area (Å²) < 4.78 is 0. The van der Waals surface area contributed by atoms with E-state index in [1.165, 1.54) is 11.6 Å². The van der Waals surface area contributed by atoms with Crippen LogP contribution in [0.1, 0.15) is 22.3 Å². The van der Waals surface area contributed by atoms with Crippen molar-refractivity contribution in [1.82, 2.24) is 0 Å². The van der Waals surface area contributed by atoms with Crippen molar-refractivity contribution in [2.45, 2.75) is 20.4 Å². The summed E-state index contributed by atoms with van der Waals surface area (Å²) in [6.45, 7) is 4.53. The van der Waals surface area contributed by atoms with Gasteiger partial charge in [0.2, 0.25) is 0 Å². The van der Waals surface area contributed by atoms with Gasteiger partial charge in [-0.15, -0.1) is 0 Å². The Morgan fingerprint density at radius 3 is 2.62 bits per heavy atom. The first-order chi connectivity index (χ1) is 10.0. The number of benzene rings is 2. The van der Waals surface area contributed by atoms with E-state index in [-0.39, 0.29) is 11.3 Å². The predicted molar refractivity (Wildman–Crippen MR) is 81.1 cm³/mol. The molecule has 0 aromatic heterocycles. The highest BCUT2D eigenvalue weighted by molar-refractivity contribution is 5.64. The maximum Gasteiger partial charge on any atom is 0.293 e. The summed E-state index contributed by atoms with van der Waals surface area (Å²) in [7, 11) is 0. The molecule has 2 aromatic carbocycles. The Balaban J connectivity index is 2.24. The average Bonchev–Trinajstić information content (AvgIpc) is 2.46. The van der Waals surface area contributed by atoms with Gasteiger partial charge in [0, 0.05) is 12.6 Å². The number of rotatable bonds is 4. The van der Waals surface area contributed by atoms with Crippen LogP contribution in [0, 0.1) is 35.3 Å². The molecule has 5 nitrogen and oxygen atoms in total. The molecule has 21 heavy (non-hydrogen) atoms. The van der Waals surface area contributed by atoms with Crippen molar-refractivity contribution >= 4 is 11.4 Å². The number of nitrogens with one attached hydrogen (secondary N) is 1. The predicted octanol–water partition coefficient (Wildman–Crippen LogP) is 3.70. The lowest BCUT2D eigenvalue weighted by atomic mass is 10.1. The SMILES string of the molecule is Cc1ccc(CNc2ccc(C#N)cc2[N+](=O)[O-])c(C)c1. The van der Waals surface area contributed by atoms with Crippen LogP contribution < -0.4 is 5.32 Å². The van der Waals surface area contributed by atoms with Gasteiger partial charge >= 0.3 is 0 Å². The summed E-state index contributed by atoms with van der Waals surface area (Å²) in [4.78, 5) is 10.6.